The van der Waals surface area contributed by atoms with E-state index in [1.165, 1.54) is 18.2 Å². The molecule has 0 heterocycles. The van der Waals surface area contributed by atoms with Gasteiger partial charge in [-0.15, -0.1) is 0 Å². The first kappa shape index (κ1) is 15.3. The lowest BCUT2D eigenvalue weighted by Gasteiger charge is -2.21. The molecular formula is C17H20F2N2. The van der Waals surface area contributed by atoms with Crippen molar-refractivity contribution >= 4 is 11.4 Å². The molecule has 0 radical (unpaired) electrons. The molecule has 0 atom stereocenters. The van der Waals surface area contributed by atoms with E-state index in [0.29, 0.717) is 6.54 Å². The molecule has 0 unspecified atom stereocenters. The Morgan fingerprint density at radius 2 is 1.48 bits per heavy atom. The molecule has 2 rings (SSSR count). The normalized spacial score (nSPS) is 10.5. The minimum absolute atomic E-state index is 0.0784. The van der Waals surface area contributed by atoms with Crippen LogP contribution in [0.15, 0.2) is 42.5 Å². The summed E-state index contributed by atoms with van der Waals surface area (Å²) in [6.45, 7) is 6.51. The molecule has 0 aliphatic rings. The Bertz CT molecular complexity index is 558. The predicted molar refractivity (Wildman–Crippen MR) is 83.7 cm³/mol. The lowest BCUT2D eigenvalue weighted by molar-refractivity contribution is 0.588. The fourth-order valence-electron chi connectivity index (χ4n) is 2.27. The molecule has 2 aromatic carbocycles. The Kier molecular flexibility index (Phi) is 5.14. The molecule has 2 aromatic rings. The highest BCUT2D eigenvalue weighted by molar-refractivity contribution is 5.49. The molecule has 0 fully saturated rings. The van der Waals surface area contributed by atoms with Crippen LogP contribution in [0.3, 0.4) is 0 Å². The van der Waals surface area contributed by atoms with Crippen molar-refractivity contribution in [2.75, 3.05) is 23.3 Å². The summed E-state index contributed by atoms with van der Waals surface area (Å²) in [5.41, 5.74) is 2.06. The molecule has 0 saturated carbocycles. The van der Waals surface area contributed by atoms with Crippen LogP contribution in [-0.4, -0.2) is 13.1 Å². The second kappa shape index (κ2) is 7.07. The number of hydrogen-bond acceptors (Lipinski definition) is 2. The number of benzene rings is 2. The molecule has 21 heavy (non-hydrogen) atoms. The van der Waals surface area contributed by atoms with Gasteiger partial charge in [0, 0.05) is 25.3 Å². The van der Waals surface area contributed by atoms with Crippen molar-refractivity contribution in [3.63, 3.8) is 0 Å². The Balaban J connectivity index is 2.04. The number of hydrogen-bond donors (Lipinski definition) is 1. The highest BCUT2D eigenvalue weighted by Crippen LogP contribution is 2.20. The van der Waals surface area contributed by atoms with Gasteiger partial charge in [-0.1, -0.05) is 18.2 Å². The van der Waals surface area contributed by atoms with Gasteiger partial charge in [0.05, 0.1) is 0 Å². The lowest BCUT2D eigenvalue weighted by Crippen LogP contribution is -2.21. The lowest BCUT2D eigenvalue weighted by atomic mass is 10.2. The van der Waals surface area contributed by atoms with Gasteiger partial charge in [0.25, 0.3) is 0 Å². The summed E-state index contributed by atoms with van der Waals surface area (Å²) in [6, 6.07) is 11.8. The van der Waals surface area contributed by atoms with Crippen molar-refractivity contribution in [1.82, 2.24) is 0 Å². The van der Waals surface area contributed by atoms with Crippen LogP contribution in [0.2, 0.25) is 0 Å². The van der Waals surface area contributed by atoms with E-state index in [2.05, 4.69) is 24.1 Å². The molecule has 112 valence electrons. The van der Waals surface area contributed by atoms with E-state index < -0.39 is 11.6 Å². The summed E-state index contributed by atoms with van der Waals surface area (Å²) in [4.78, 5) is 2.24. The summed E-state index contributed by atoms with van der Waals surface area (Å²) in [5, 5.41) is 2.81. The third kappa shape index (κ3) is 3.72. The third-order valence-electron chi connectivity index (χ3n) is 3.50. The van der Waals surface area contributed by atoms with Crippen molar-refractivity contribution in [2.45, 2.75) is 20.4 Å². The smallest absolute Gasteiger partial charge is 0.149 e. The molecule has 2 nitrogen and oxygen atoms in total. The molecule has 0 spiro atoms. The Morgan fingerprint density at radius 1 is 0.905 bits per heavy atom. The van der Waals surface area contributed by atoms with Gasteiger partial charge < -0.3 is 10.2 Å². The summed E-state index contributed by atoms with van der Waals surface area (Å²) in [5.74, 6) is -1.15. The van der Waals surface area contributed by atoms with E-state index in [1.807, 2.05) is 24.3 Å². The average Bonchev–Trinajstić information content (AvgIpc) is 2.49. The molecular weight excluding hydrogens is 270 g/mol. The molecule has 0 amide bonds. The Morgan fingerprint density at radius 3 is 2.00 bits per heavy atom. The van der Waals surface area contributed by atoms with Gasteiger partial charge in [0.1, 0.15) is 17.3 Å². The number of nitrogens with one attached hydrogen (secondary N) is 1. The van der Waals surface area contributed by atoms with Gasteiger partial charge in [0.15, 0.2) is 0 Å². The Labute approximate surface area is 124 Å². The highest BCUT2D eigenvalue weighted by atomic mass is 19.1. The van der Waals surface area contributed by atoms with Crippen molar-refractivity contribution in [2.24, 2.45) is 0 Å². The average molecular weight is 290 g/mol. The van der Waals surface area contributed by atoms with Crippen LogP contribution in [0.5, 0.6) is 0 Å². The van der Waals surface area contributed by atoms with Crippen molar-refractivity contribution < 1.29 is 8.78 Å². The zero-order valence-corrected chi connectivity index (χ0v) is 12.4. The minimum Gasteiger partial charge on any atom is -0.376 e. The maximum absolute atomic E-state index is 13.5. The summed E-state index contributed by atoms with van der Waals surface area (Å²) in [7, 11) is 0. The van der Waals surface area contributed by atoms with Gasteiger partial charge in [-0.2, -0.15) is 0 Å². The topological polar surface area (TPSA) is 15.3 Å². The molecule has 0 aliphatic heterocycles. The first-order chi connectivity index (χ1) is 10.2. The standard InChI is InChI=1S/C17H20F2N2/c1-3-21(4-2)14-10-8-13(9-11-14)12-20-17-15(18)6-5-7-16(17)19/h5-11,20H,3-4,12H2,1-2H3. The maximum atomic E-state index is 13.5. The third-order valence-corrected chi connectivity index (χ3v) is 3.50. The van der Waals surface area contributed by atoms with E-state index in [0.717, 1.165) is 24.3 Å². The van der Waals surface area contributed by atoms with Crippen LogP contribution < -0.4 is 10.2 Å². The van der Waals surface area contributed by atoms with Crippen LogP contribution in [0.1, 0.15) is 19.4 Å². The highest BCUT2D eigenvalue weighted by Gasteiger charge is 2.07. The van der Waals surface area contributed by atoms with Gasteiger partial charge in [0.2, 0.25) is 0 Å². The van der Waals surface area contributed by atoms with Crippen LogP contribution in [0.4, 0.5) is 20.2 Å². The van der Waals surface area contributed by atoms with Gasteiger partial charge in [-0.3, -0.25) is 0 Å². The van der Waals surface area contributed by atoms with E-state index >= 15 is 0 Å². The number of para-hydroxylation sites is 1. The van der Waals surface area contributed by atoms with Gasteiger partial charge in [-0.25, -0.2) is 8.78 Å². The first-order valence-corrected chi connectivity index (χ1v) is 7.17. The zero-order valence-electron chi connectivity index (χ0n) is 12.4. The van der Waals surface area contributed by atoms with E-state index in [9.17, 15) is 8.78 Å². The summed E-state index contributed by atoms with van der Waals surface area (Å²) < 4.78 is 27.0. The molecule has 0 aliphatic carbocycles. The molecule has 1 N–H and O–H groups in total. The summed E-state index contributed by atoms with van der Waals surface area (Å²) >= 11 is 0. The van der Waals surface area contributed by atoms with Crippen LogP contribution in [0, 0.1) is 11.6 Å². The SMILES string of the molecule is CCN(CC)c1ccc(CNc2c(F)cccc2F)cc1. The minimum atomic E-state index is -0.574. The van der Waals surface area contributed by atoms with E-state index in [4.69, 9.17) is 0 Å². The fraction of sp³-hybridized carbons (Fsp3) is 0.294. The van der Waals surface area contributed by atoms with Crippen LogP contribution in [-0.2, 0) is 6.54 Å². The molecule has 0 aromatic heterocycles. The van der Waals surface area contributed by atoms with Gasteiger partial charge in [-0.05, 0) is 43.7 Å². The Hall–Kier alpha value is -2.10. The second-order valence-electron chi connectivity index (χ2n) is 4.79. The van der Waals surface area contributed by atoms with E-state index in [-0.39, 0.29) is 5.69 Å². The van der Waals surface area contributed by atoms with Crippen molar-refractivity contribution in [3.8, 4) is 0 Å². The molecule has 0 bridgehead atoms. The number of halogens is 2. The molecule has 4 heteroatoms. The number of nitrogens with zero attached hydrogens (tertiary/aromatic N) is 1. The fourth-order valence-corrected chi connectivity index (χ4v) is 2.27. The van der Waals surface area contributed by atoms with Gasteiger partial charge >= 0.3 is 0 Å². The van der Waals surface area contributed by atoms with Crippen molar-refractivity contribution in [1.29, 1.82) is 0 Å². The van der Waals surface area contributed by atoms with Crippen LogP contribution >= 0.6 is 0 Å². The summed E-state index contributed by atoms with van der Waals surface area (Å²) in [6.07, 6.45) is 0. The monoisotopic (exact) mass is 290 g/mol. The first-order valence-electron chi connectivity index (χ1n) is 7.17. The van der Waals surface area contributed by atoms with Crippen LogP contribution in [0.25, 0.3) is 0 Å². The van der Waals surface area contributed by atoms with Crippen molar-refractivity contribution in [3.05, 3.63) is 59.7 Å². The zero-order chi connectivity index (χ0) is 15.2. The number of anilines is 2. The largest absolute Gasteiger partial charge is 0.376 e. The second-order valence-corrected chi connectivity index (χ2v) is 4.79. The maximum Gasteiger partial charge on any atom is 0.149 e. The van der Waals surface area contributed by atoms with E-state index in [1.54, 1.807) is 0 Å². The quantitative estimate of drug-likeness (QED) is 0.847. The predicted octanol–water partition coefficient (Wildman–Crippen LogP) is 4.42. The molecule has 0 saturated heterocycles. The number of rotatable bonds is 6.